The second-order valence-electron chi connectivity index (χ2n) is 6.38. The number of nitrogens with one attached hydrogen (secondary N) is 1. The molecule has 0 aliphatic heterocycles. The molecule has 0 saturated heterocycles. The summed E-state index contributed by atoms with van der Waals surface area (Å²) in [4.78, 5) is 33.2. The third-order valence-corrected chi connectivity index (χ3v) is 4.65. The van der Waals surface area contributed by atoms with Crippen LogP contribution in [0.25, 0.3) is 11.0 Å². The van der Waals surface area contributed by atoms with Crippen LogP contribution in [0, 0.1) is 0 Å². The number of carbonyl (C=O) groups excluding carboxylic acids is 1. The van der Waals surface area contributed by atoms with E-state index in [2.05, 4.69) is 20.4 Å². The molecule has 0 aliphatic rings. The van der Waals surface area contributed by atoms with Crippen molar-refractivity contribution in [2.75, 3.05) is 6.54 Å². The number of rotatable bonds is 6. The molecule has 0 aliphatic carbocycles. The van der Waals surface area contributed by atoms with Crippen molar-refractivity contribution in [1.29, 1.82) is 0 Å². The fourth-order valence-corrected chi connectivity index (χ4v) is 3.05. The number of benzene rings is 1. The first-order valence-electron chi connectivity index (χ1n) is 8.96. The smallest absolute Gasteiger partial charge is 0.269 e. The molecule has 1 amide bonds. The average Bonchev–Trinajstić information content (AvgIpc) is 3.16. The molecule has 0 atom stereocenters. The van der Waals surface area contributed by atoms with Crippen LogP contribution in [0.3, 0.4) is 0 Å². The third kappa shape index (κ3) is 4.17. The van der Waals surface area contributed by atoms with Gasteiger partial charge in [0.2, 0.25) is 0 Å². The number of amides is 1. The zero-order valence-electron chi connectivity index (χ0n) is 15.3. The van der Waals surface area contributed by atoms with Gasteiger partial charge >= 0.3 is 0 Å². The van der Waals surface area contributed by atoms with Crippen molar-refractivity contribution >= 4 is 28.5 Å². The number of hydrogen-bond acceptors (Lipinski definition) is 5. The third-order valence-electron chi connectivity index (χ3n) is 4.40. The molecule has 4 aromatic rings. The van der Waals surface area contributed by atoms with Gasteiger partial charge in [-0.2, -0.15) is 5.10 Å². The molecule has 1 N–H and O–H groups in total. The molecule has 4 rings (SSSR count). The van der Waals surface area contributed by atoms with Gasteiger partial charge in [0.15, 0.2) is 5.65 Å². The first-order chi connectivity index (χ1) is 14.1. The number of pyridine rings is 1. The van der Waals surface area contributed by atoms with Gasteiger partial charge in [-0.3, -0.25) is 19.1 Å². The Morgan fingerprint density at radius 3 is 2.69 bits per heavy atom. The first kappa shape index (κ1) is 18.8. The highest BCUT2D eigenvalue weighted by atomic mass is 35.5. The summed E-state index contributed by atoms with van der Waals surface area (Å²) in [5, 5.41) is 8.10. The van der Waals surface area contributed by atoms with Crippen molar-refractivity contribution in [2.24, 2.45) is 0 Å². The van der Waals surface area contributed by atoms with E-state index in [1.807, 2.05) is 12.1 Å². The maximum atomic E-state index is 12.7. The molecule has 0 bridgehead atoms. The molecule has 0 spiro atoms. The van der Waals surface area contributed by atoms with Crippen LogP contribution in [0.5, 0.6) is 0 Å². The van der Waals surface area contributed by atoms with E-state index in [0.717, 1.165) is 5.56 Å². The van der Waals surface area contributed by atoms with Crippen LogP contribution in [0.1, 0.15) is 16.1 Å². The van der Waals surface area contributed by atoms with Crippen molar-refractivity contribution in [3.8, 4) is 0 Å². The lowest BCUT2D eigenvalue weighted by molar-refractivity contribution is 0.0947. The summed E-state index contributed by atoms with van der Waals surface area (Å²) < 4.78 is 3.13. The first-order valence-corrected chi connectivity index (χ1v) is 9.34. The minimum absolute atomic E-state index is 0.172. The minimum atomic E-state index is -0.264. The topological polar surface area (TPSA) is 94.7 Å². The highest BCUT2D eigenvalue weighted by Crippen LogP contribution is 2.11. The van der Waals surface area contributed by atoms with Crippen molar-refractivity contribution in [3.05, 3.63) is 87.8 Å². The van der Waals surface area contributed by atoms with Gasteiger partial charge in [-0.05, 0) is 29.8 Å². The molecule has 0 saturated carbocycles. The Morgan fingerprint density at radius 2 is 1.93 bits per heavy atom. The minimum Gasteiger partial charge on any atom is -0.349 e. The fraction of sp³-hybridized carbons (Fsp3) is 0.150. The standard InChI is InChI=1S/C20H17ClN6O2/c21-15-6-4-14(5-7-15)12-26-13-24-18-16(20(26)29)11-25-27(18)10-9-23-19(28)17-3-1-2-8-22-17/h1-8,11,13H,9-10,12H2,(H,23,28). The predicted octanol–water partition coefficient (Wildman–Crippen LogP) is 2.12. The lowest BCUT2D eigenvalue weighted by atomic mass is 10.2. The summed E-state index contributed by atoms with van der Waals surface area (Å²) >= 11 is 5.90. The van der Waals surface area contributed by atoms with Crippen molar-refractivity contribution < 1.29 is 4.79 Å². The number of nitrogens with zero attached hydrogens (tertiary/aromatic N) is 5. The molecule has 3 heterocycles. The number of halogens is 1. The highest BCUT2D eigenvalue weighted by molar-refractivity contribution is 6.30. The lowest BCUT2D eigenvalue weighted by Crippen LogP contribution is -2.28. The summed E-state index contributed by atoms with van der Waals surface area (Å²) in [6, 6.07) is 12.4. The fourth-order valence-electron chi connectivity index (χ4n) is 2.92. The van der Waals surface area contributed by atoms with Crippen LogP contribution in [-0.2, 0) is 13.1 Å². The van der Waals surface area contributed by atoms with Crippen LogP contribution in [-0.4, -0.2) is 36.8 Å². The van der Waals surface area contributed by atoms with Gasteiger partial charge < -0.3 is 5.32 Å². The van der Waals surface area contributed by atoms with E-state index in [9.17, 15) is 9.59 Å². The van der Waals surface area contributed by atoms with E-state index in [1.54, 1.807) is 41.2 Å². The molecule has 8 nitrogen and oxygen atoms in total. The van der Waals surface area contributed by atoms with E-state index in [1.165, 1.54) is 17.1 Å². The SMILES string of the molecule is O=C(NCCn1ncc2c(=O)n(Cc3ccc(Cl)cc3)cnc21)c1ccccn1. The molecule has 0 fully saturated rings. The summed E-state index contributed by atoms with van der Waals surface area (Å²) in [5.74, 6) is -0.264. The molecular weight excluding hydrogens is 392 g/mol. The largest absolute Gasteiger partial charge is 0.349 e. The van der Waals surface area contributed by atoms with Gasteiger partial charge in [-0.1, -0.05) is 29.8 Å². The van der Waals surface area contributed by atoms with E-state index in [-0.39, 0.29) is 11.5 Å². The van der Waals surface area contributed by atoms with Crippen LogP contribution in [0.15, 0.2) is 66.0 Å². The van der Waals surface area contributed by atoms with Gasteiger partial charge in [0, 0.05) is 17.8 Å². The molecule has 0 radical (unpaired) electrons. The molecule has 146 valence electrons. The van der Waals surface area contributed by atoms with Gasteiger partial charge in [0.1, 0.15) is 17.4 Å². The molecule has 0 unspecified atom stereocenters. The second-order valence-corrected chi connectivity index (χ2v) is 6.82. The Kier molecular flexibility index (Phi) is 5.35. The second kappa shape index (κ2) is 8.24. The summed E-state index contributed by atoms with van der Waals surface area (Å²) in [6.45, 7) is 1.11. The molecule has 9 heteroatoms. The van der Waals surface area contributed by atoms with Crippen LogP contribution in [0.4, 0.5) is 0 Å². The van der Waals surface area contributed by atoms with E-state index in [4.69, 9.17) is 11.6 Å². The van der Waals surface area contributed by atoms with Crippen LogP contribution in [0.2, 0.25) is 5.02 Å². The van der Waals surface area contributed by atoms with Crippen molar-refractivity contribution in [3.63, 3.8) is 0 Å². The van der Waals surface area contributed by atoms with Gasteiger partial charge in [0.25, 0.3) is 11.5 Å². The number of hydrogen-bond donors (Lipinski definition) is 1. The number of fused-ring (bicyclic) bond motifs is 1. The van der Waals surface area contributed by atoms with Gasteiger partial charge in [-0.15, -0.1) is 0 Å². The van der Waals surface area contributed by atoms with Crippen molar-refractivity contribution in [2.45, 2.75) is 13.1 Å². The molecule has 3 aromatic heterocycles. The summed E-state index contributed by atoms with van der Waals surface area (Å²) in [5.41, 5.74) is 1.60. The molecular formula is C20H17ClN6O2. The average molecular weight is 409 g/mol. The number of aromatic nitrogens is 5. The highest BCUT2D eigenvalue weighted by Gasteiger charge is 2.11. The van der Waals surface area contributed by atoms with E-state index in [0.29, 0.717) is 41.4 Å². The van der Waals surface area contributed by atoms with Crippen molar-refractivity contribution in [1.82, 2.24) is 29.6 Å². The monoisotopic (exact) mass is 408 g/mol. The predicted molar refractivity (Wildman–Crippen MR) is 109 cm³/mol. The van der Waals surface area contributed by atoms with Gasteiger partial charge in [-0.25, -0.2) is 9.67 Å². The Bertz CT molecular complexity index is 1200. The maximum Gasteiger partial charge on any atom is 0.269 e. The molecule has 1 aromatic carbocycles. The number of carbonyl (C=O) groups is 1. The normalized spacial score (nSPS) is 10.9. The Balaban J connectivity index is 1.46. The Morgan fingerprint density at radius 1 is 1.10 bits per heavy atom. The maximum absolute atomic E-state index is 12.7. The summed E-state index contributed by atoms with van der Waals surface area (Å²) in [6.07, 6.45) is 4.57. The van der Waals surface area contributed by atoms with Gasteiger partial charge in [0.05, 0.1) is 19.3 Å². The quantitative estimate of drug-likeness (QED) is 0.527. The molecule has 29 heavy (non-hydrogen) atoms. The van der Waals surface area contributed by atoms with Crippen LogP contribution < -0.4 is 10.9 Å². The van der Waals surface area contributed by atoms with E-state index < -0.39 is 0 Å². The Labute approximate surface area is 170 Å². The summed E-state index contributed by atoms with van der Waals surface area (Å²) in [7, 11) is 0. The zero-order valence-corrected chi connectivity index (χ0v) is 16.1. The lowest BCUT2D eigenvalue weighted by Gasteiger charge is -2.07. The van der Waals surface area contributed by atoms with E-state index >= 15 is 0 Å². The Hall–Kier alpha value is -3.52. The zero-order chi connectivity index (χ0) is 20.2. The van der Waals surface area contributed by atoms with Crippen LogP contribution >= 0.6 is 11.6 Å².